The number of benzene rings is 1. The Morgan fingerprint density at radius 3 is 2.12 bits per heavy atom. The number of fused-ring (bicyclic) bond motifs is 1. The van der Waals surface area contributed by atoms with E-state index in [0.29, 0.717) is 0 Å². The standard InChI is InChI=1S/C11H10O.2C2H6/c1-8(12)11-6-9-4-2-3-5-10(9)7-11;2*1-2/h2-6H,7H2,1H3;2*1-2H3. The number of hydrogen-bond donors (Lipinski definition) is 0. The monoisotopic (exact) mass is 218 g/mol. The van der Waals surface area contributed by atoms with E-state index in [1.807, 2.05) is 52.0 Å². The summed E-state index contributed by atoms with van der Waals surface area (Å²) in [5.41, 5.74) is 3.39. The van der Waals surface area contributed by atoms with Gasteiger partial charge in [0.15, 0.2) is 5.78 Å². The van der Waals surface area contributed by atoms with Crippen molar-refractivity contribution in [3.63, 3.8) is 0 Å². The highest BCUT2D eigenvalue weighted by atomic mass is 16.1. The molecule has 0 atom stereocenters. The summed E-state index contributed by atoms with van der Waals surface area (Å²) in [7, 11) is 0. The van der Waals surface area contributed by atoms with Crippen molar-refractivity contribution < 1.29 is 4.79 Å². The zero-order chi connectivity index (χ0) is 12.6. The van der Waals surface area contributed by atoms with E-state index in [1.165, 1.54) is 11.1 Å². The predicted molar refractivity (Wildman–Crippen MR) is 71.5 cm³/mol. The summed E-state index contributed by atoms with van der Waals surface area (Å²) in [5.74, 6) is 0.186. The van der Waals surface area contributed by atoms with Gasteiger partial charge in [-0.25, -0.2) is 0 Å². The van der Waals surface area contributed by atoms with Crippen molar-refractivity contribution in [2.75, 3.05) is 0 Å². The second kappa shape index (κ2) is 7.86. The Balaban J connectivity index is 0.000000509. The van der Waals surface area contributed by atoms with Crippen molar-refractivity contribution in [2.24, 2.45) is 0 Å². The quantitative estimate of drug-likeness (QED) is 0.688. The van der Waals surface area contributed by atoms with E-state index in [4.69, 9.17) is 0 Å². The molecule has 1 heteroatoms. The van der Waals surface area contributed by atoms with Crippen LogP contribution in [0.2, 0.25) is 0 Å². The van der Waals surface area contributed by atoms with Crippen molar-refractivity contribution in [1.82, 2.24) is 0 Å². The lowest BCUT2D eigenvalue weighted by atomic mass is 10.1. The molecule has 88 valence electrons. The van der Waals surface area contributed by atoms with Crippen LogP contribution in [0.15, 0.2) is 29.8 Å². The van der Waals surface area contributed by atoms with E-state index < -0.39 is 0 Å². The number of rotatable bonds is 1. The molecule has 1 aliphatic rings. The molecule has 0 radical (unpaired) electrons. The minimum atomic E-state index is 0.186. The molecule has 16 heavy (non-hydrogen) atoms. The molecule has 2 rings (SSSR count). The number of ketones is 1. The van der Waals surface area contributed by atoms with Crippen LogP contribution in [0, 0.1) is 0 Å². The maximum absolute atomic E-state index is 11.0. The summed E-state index contributed by atoms with van der Waals surface area (Å²) < 4.78 is 0. The van der Waals surface area contributed by atoms with Crippen LogP contribution in [-0.4, -0.2) is 5.78 Å². The topological polar surface area (TPSA) is 17.1 Å². The molecule has 1 aromatic rings. The third-order valence-electron chi connectivity index (χ3n) is 2.22. The fraction of sp³-hybridized carbons (Fsp3) is 0.400. The van der Waals surface area contributed by atoms with Gasteiger partial charge in [-0.1, -0.05) is 52.0 Å². The fourth-order valence-corrected chi connectivity index (χ4v) is 1.51. The average Bonchev–Trinajstić information content (AvgIpc) is 2.78. The van der Waals surface area contributed by atoms with Crippen LogP contribution < -0.4 is 0 Å². The van der Waals surface area contributed by atoms with Crippen LogP contribution in [0.25, 0.3) is 6.08 Å². The van der Waals surface area contributed by atoms with Crippen LogP contribution in [0.1, 0.15) is 45.7 Å². The molecular weight excluding hydrogens is 196 g/mol. The minimum absolute atomic E-state index is 0.186. The largest absolute Gasteiger partial charge is 0.295 e. The Kier molecular flexibility index (Phi) is 7.19. The first kappa shape index (κ1) is 14.6. The number of Topliss-reactive ketones (excluding diaryl/α,β-unsaturated/α-hetero) is 1. The highest BCUT2D eigenvalue weighted by molar-refractivity contribution is 6.00. The molecule has 0 aromatic heterocycles. The van der Waals surface area contributed by atoms with E-state index in [9.17, 15) is 4.79 Å². The van der Waals surface area contributed by atoms with Gasteiger partial charge in [0.05, 0.1) is 0 Å². The van der Waals surface area contributed by atoms with Crippen LogP contribution in [-0.2, 0) is 11.2 Å². The zero-order valence-electron chi connectivity index (χ0n) is 11.0. The minimum Gasteiger partial charge on any atom is -0.295 e. The van der Waals surface area contributed by atoms with E-state index in [2.05, 4.69) is 6.07 Å². The highest BCUT2D eigenvalue weighted by Crippen LogP contribution is 2.24. The van der Waals surface area contributed by atoms with Gasteiger partial charge in [-0.05, 0) is 29.7 Å². The third kappa shape index (κ3) is 3.65. The van der Waals surface area contributed by atoms with E-state index in [-0.39, 0.29) is 5.78 Å². The Morgan fingerprint density at radius 1 is 1.06 bits per heavy atom. The van der Waals surface area contributed by atoms with E-state index in [1.54, 1.807) is 6.92 Å². The molecule has 1 nitrogen and oxygen atoms in total. The van der Waals surface area contributed by atoms with Gasteiger partial charge in [-0.2, -0.15) is 0 Å². The van der Waals surface area contributed by atoms with Crippen molar-refractivity contribution in [3.8, 4) is 0 Å². The first-order valence-corrected chi connectivity index (χ1v) is 6.07. The van der Waals surface area contributed by atoms with Gasteiger partial charge in [0.25, 0.3) is 0 Å². The van der Waals surface area contributed by atoms with Gasteiger partial charge in [0, 0.05) is 6.42 Å². The number of carbonyl (C=O) groups excluding carboxylic acids is 1. The second-order valence-electron chi connectivity index (χ2n) is 3.10. The van der Waals surface area contributed by atoms with Gasteiger partial charge < -0.3 is 0 Å². The molecule has 0 spiro atoms. The Morgan fingerprint density at radius 2 is 1.62 bits per heavy atom. The molecular formula is C15H22O. The van der Waals surface area contributed by atoms with Crippen LogP contribution in [0.5, 0.6) is 0 Å². The Hall–Kier alpha value is -1.37. The number of carbonyl (C=O) groups is 1. The highest BCUT2D eigenvalue weighted by Gasteiger charge is 2.13. The smallest absolute Gasteiger partial charge is 0.156 e. The van der Waals surface area contributed by atoms with Gasteiger partial charge in [-0.15, -0.1) is 0 Å². The molecule has 0 amide bonds. The first-order chi connectivity index (χ1) is 7.77. The summed E-state index contributed by atoms with van der Waals surface area (Å²) in [6, 6.07) is 8.13. The average molecular weight is 218 g/mol. The molecule has 0 aliphatic heterocycles. The summed E-state index contributed by atoms with van der Waals surface area (Å²) in [6.45, 7) is 9.62. The summed E-state index contributed by atoms with van der Waals surface area (Å²) in [4.78, 5) is 11.0. The Labute approximate surface area is 99.2 Å². The summed E-state index contributed by atoms with van der Waals surface area (Å²) in [6.07, 6.45) is 2.79. The Bertz CT molecular complexity index is 361. The van der Waals surface area contributed by atoms with Gasteiger partial charge in [0.2, 0.25) is 0 Å². The summed E-state index contributed by atoms with van der Waals surface area (Å²) >= 11 is 0. The van der Waals surface area contributed by atoms with Crippen molar-refractivity contribution >= 4 is 11.9 Å². The number of allylic oxidation sites excluding steroid dienone is 1. The van der Waals surface area contributed by atoms with Crippen LogP contribution in [0.3, 0.4) is 0 Å². The van der Waals surface area contributed by atoms with Crippen molar-refractivity contribution in [3.05, 3.63) is 41.0 Å². The van der Waals surface area contributed by atoms with Gasteiger partial charge in [-0.3, -0.25) is 4.79 Å². The SMILES string of the molecule is CC.CC.CC(=O)C1=Cc2ccccc2C1. The molecule has 0 saturated heterocycles. The zero-order valence-corrected chi connectivity index (χ0v) is 11.0. The molecule has 0 unspecified atom stereocenters. The molecule has 0 N–H and O–H groups in total. The second-order valence-corrected chi connectivity index (χ2v) is 3.10. The van der Waals surface area contributed by atoms with Crippen molar-refractivity contribution in [2.45, 2.75) is 41.0 Å². The molecule has 1 aliphatic carbocycles. The molecule has 1 aromatic carbocycles. The first-order valence-electron chi connectivity index (χ1n) is 6.07. The fourth-order valence-electron chi connectivity index (χ4n) is 1.51. The van der Waals surface area contributed by atoms with E-state index >= 15 is 0 Å². The molecule has 0 saturated carbocycles. The number of hydrogen-bond acceptors (Lipinski definition) is 1. The summed E-state index contributed by atoms with van der Waals surface area (Å²) in [5, 5.41) is 0. The lowest BCUT2D eigenvalue weighted by molar-refractivity contribution is -0.113. The molecule has 0 heterocycles. The lowest BCUT2D eigenvalue weighted by Crippen LogP contribution is -1.94. The maximum Gasteiger partial charge on any atom is 0.156 e. The molecule has 0 fully saturated rings. The molecule has 0 bridgehead atoms. The van der Waals surface area contributed by atoms with Gasteiger partial charge >= 0.3 is 0 Å². The van der Waals surface area contributed by atoms with E-state index in [0.717, 1.165) is 12.0 Å². The normalized spacial score (nSPS) is 11.2. The lowest BCUT2D eigenvalue weighted by Gasteiger charge is -1.95. The van der Waals surface area contributed by atoms with Crippen molar-refractivity contribution in [1.29, 1.82) is 0 Å². The van der Waals surface area contributed by atoms with Gasteiger partial charge in [0.1, 0.15) is 0 Å². The predicted octanol–water partition coefficient (Wildman–Crippen LogP) is 4.27. The maximum atomic E-state index is 11.0. The van der Waals surface area contributed by atoms with Crippen LogP contribution in [0.4, 0.5) is 0 Å². The third-order valence-corrected chi connectivity index (χ3v) is 2.22. The van der Waals surface area contributed by atoms with Crippen LogP contribution >= 0.6 is 0 Å².